The number of primary amides is 1. The van der Waals surface area contributed by atoms with Gasteiger partial charge in [-0.2, -0.15) is 0 Å². The maximum Gasteiger partial charge on any atom is 0.404 e. The maximum atomic E-state index is 10.1. The van der Waals surface area contributed by atoms with Gasteiger partial charge >= 0.3 is 6.09 Å². The van der Waals surface area contributed by atoms with E-state index in [1.165, 1.54) is 0 Å². The Kier molecular flexibility index (Phi) is 12.3. The third-order valence-corrected chi connectivity index (χ3v) is 1.05. The van der Waals surface area contributed by atoms with Gasteiger partial charge in [-0.15, -0.1) is 0 Å². The lowest BCUT2D eigenvalue weighted by Crippen LogP contribution is -2.13. The molecule has 0 aromatic carbocycles. The van der Waals surface area contributed by atoms with Crippen LogP contribution in [0.25, 0.3) is 0 Å². The fourth-order valence-corrected chi connectivity index (χ4v) is 0.596. The molecular formula is C10H23NO2. The zero-order chi connectivity index (χ0) is 10.7. The molecule has 0 bridgehead atoms. The maximum absolute atomic E-state index is 10.1. The Labute approximate surface area is 82.4 Å². The predicted octanol–water partition coefficient (Wildman–Crippen LogP) is 2.96. The minimum absolute atomic E-state index is 0. The Morgan fingerprint density at radius 2 is 2.08 bits per heavy atom. The number of rotatable bonds is 4. The molecule has 0 rings (SSSR count). The van der Waals surface area contributed by atoms with E-state index in [-0.39, 0.29) is 1.43 Å². The SMILES string of the molecule is CC.CC(C)/C=C\CCOC(N)=O.[HH]. The summed E-state index contributed by atoms with van der Waals surface area (Å²) in [6, 6.07) is 0. The highest BCUT2D eigenvalue weighted by molar-refractivity contribution is 5.64. The minimum Gasteiger partial charge on any atom is -0.449 e. The number of allylic oxidation sites excluding steroid dienone is 1. The molecule has 0 radical (unpaired) electrons. The molecule has 80 valence electrons. The van der Waals surface area contributed by atoms with Gasteiger partial charge < -0.3 is 10.5 Å². The first-order valence-corrected chi connectivity index (χ1v) is 4.72. The molecule has 1 amide bonds. The molecule has 0 aliphatic carbocycles. The number of carbonyl (C=O) groups excluding carboxylic acids is 1. The predicted molar refractivity (Wildman–Crippen MR) is 57.6 cm³/mol. The molecule has 0 saturated heterocycles. The summed E-state index contributed by atoms with van der Waals surface area (Å²) in [5.41, 5.74) is 4.75. The van der Waals surface area contributed by atoms with E-state index in [0.717, 1.165) is 6.42 Å². The third-order valence-electron chi connectivity index (χ3n) is 1.05. The van der Waals surface area contributed by atoms with Crippen molar-refractivity contribution in [1.82, 2.24) is 0 Å². The summed E-state index contributed by atoms with van der Waals surface area (Å²) >= 11 is 0. The van der Waals surface area contributed by atoms with Crippen LogP contribution in [0.5, 0.6) is 0 Å². The van der Waals surface area contributed by atoms with E-state index in [1.807, 2.05) is 19.9 Å². The number of hydrogen-bond acceptors (Lipinski definition) is 2. The average molecular weight is 189 g/mol. The highest BCUT2D eigenvalue weighted by atomic mass is 16.5. The second kappa shape index (κ2) is 11.0. The van der Waals surface area contributed by atoms with Crippen LogP contribution in [-0.4, -0.2) is 12.7 Å². The number of nitrogens with two attached hydrogens (primary N) is 1. The fourth-order valence-electron chi connectivity index (χ4n) is 0.596. The summed E-state index contributed by atoms with van der Waals surface area (Å²) in [5, 5.41) is 0. The van der Waals surface area contributed by atoms with Crippen LogP contribution in [0.3, 0.4) is 0 Å². The van der Waals surface area contributed by atoms with Crippen molar-refractivity contribution in [3.63, 3.8) is 0 Å². The van der Waals surface area contributed by atoms with E-state index in [2.05, 4.69) is 24.7 Å². The van der Waals surface area contributed by atoms with Gasteiger partial charge in [-0.1, -0.05) is 39.8 Å². The molecule has 0 fully saturated rings. The van der Waals surface area contributed by atoms with Crippen LogP contribution < -0.4 is 5.73 Å². The van der Waals surface area contributed by atoms with Gasteiger partial charge in [0.05, 0.1) is 6.61 Å². The zero-order valence-electron chi connectivity index (χ0n) is 9.04. The van der Waals surface area contributed by atoms with Crippen molar-refractivity contribution < 1.29 is 11.0 Å². The molecule has 13 heavy (non-hydrogen) atoms. The van der Waals surface area contributed by atoms with Gasteiger partial charge in [0.2, 0.25) is 0 Å². The summed E-state index contributed by atoms with van der Waals surface area (Å²) in [6.07, 6.45) is 4.07. The van der Waals surface area contributed by atoms with E-state index in [0.29, 0.717) is 12.5 Å². The molecule has 0 spiro atoms. The Morgan fingerprint density at radius 1 is 1.54 bits per heavy atom. The van der Waals surface area contributed by atoms with E-state index in [4.69, 9.17) is 5.73 Å². The van der Waals surface area contributed by atoms with Crippen LogP contribution in [0.4, 0.5) is 4.79 Å². The lowest BCUT2D eigenvalue weighted by molar-refractivity contribution is 0.159. The van der Waals surface area contributed by atoms with Gasteiger partial charge in [0, 0.05) is 1.43 Å². The lowest BCUT2D eigenvalue weighted by Gasteiger charge is -1.97. The Morgan fingerprint density at radius 3 is 2.46 bits per heavy atom. The van der Waals surface area contributed by atoms with Gasteiger partial charge in [0.1, 0.15) is 0 Å². The van der Waals surface area contributed by atoms with Crippen molar-refractivity contribution in [2.45, 2.75) is 34.1 Å². The molecule has 0 aliphatic rings. The smallest absolute Gasteiger partial charge is 0.404 e. The van der Waals surface area contributed by atoms with Gasteiger partial charge in [0.15, 0.2) is 0 Å². The summed E-state index contributed by atoms with van der Waals surface area (Å²) < 4.78 is 4.51. The van der Waals surface area contributed by atoms with Crippen molar-refractivity contribution in [2.75, 3.05) is 6.61 Å². The molecule has 3 nitrogen and oxygen atoms in total. The topological polar surface area (TPSA) is 52.3 Å². The first kappa shape index (κ1) is 14.5. The summed E-state index contributed by atoms with van der Waals surface area (Å²) in [4.78, 5) is 10.1. The summed E-state index contributed by atoms with van der Waals surface area (Å²) in [6.45, 7) is 8.55. The molecule has 0 heterocycles. The van der Waals surface area contributed by atoms with Gasteiger partial charge in [0.25, 0.3) is 0 Å². The number of hydrogen-bond donors (Lipinski definition) is 1. The van der Waals surface area contributed by atoms with E-state index < -0.39 is 6.09 Å². The van der Waals surface area contributed by atoms with E-state index in [9.17, 15) is 4.79 Å². The molecule has 0 saturated carbocycles. The van der Waals surface area contributed by atoms with Crippen molar-refractivity contribution in [3.05, 3.63) is 12.2 Å². The molecular weight excluding hydrogens is 166 g/mol. The number of carbonyl (C=O) groups is 1. The molecule has 0 aromatic heterocycles. The van der Waals surface area contributed by atoms with Crippen molar-refractivity contribution in [2.24, 2.45) is 11.7 Å². The second-order valence-corrected chi connectivity index (χ2v) is 2.63. The van der Waals surface area contributed by atoms with Crippen LogP contribution in [0.2, 0.25) is 0 Å². The fraction of sp³-hybridized carbons (Fsp3) is 0.700. The summed E-state index contributed by atoms with van der Waals surface area (Å²) in [7, 11) is 0. The standard InChI is InChI=1S/C8H15NO2.C2H6.H2/c1-7(2)5-3-4-6-11-8(9)10;1-2;/h3,5,7H,4,6H2,1-2H3,(H2,9,10);1-2H3;1H/b5-3-;;. The molecule has 3 heteroatoms. The highest BCUT2D eigenvalue weighted by Gasteiger charge is 1.89. The Hall–Kier alpha value is -0.990. The van der Waals surface area contributed by atoms with E-state index in [1.54, 1.807) is 0 Å². The van der Waals surface area contributed by atoms with Crippen molar-refractivity contribution >= 4 is 6.09 Å². The van der Waals surface area contributed by atoms with Crippen molar-refractivity contribution in [3.8, 4) is 0 Å². The third kappa shape index (κ3) is 18.2. The average Bonchev–Trinajstić information content (AvgIpc) is 2.06. The van der Waals surface area contributed by atoms with Crippen LogP contribution in [0, 0.1) is 5.92 Å². The number of amides is 1. The Balaban J connectivity index is -0.000000376. The summed E-state index contributed by atoms with van der Waals surface area (Å²) in [5.74, 6) is 0.545. The molecule has 0 atom stereocenters. The van der Waals surface area contributed by atoms with Crippen LogP contribution in [0.15, 0.2) is 12.2 Å². The van der Waals surface area contributed by atoms with Crippen LogP contribution >= 0.6 is 0 Å². The quantitative estimate of drug-likeness (QED) is 0.546. The molecule has 0 aliphatic heterocycles. The first-order valence-electron chi connectivity index (χ1n) is 4.72. The van der Waals surface area contributed by atoms with Crippen molar-refractivity contribution in [1.29, 1.82) is 0 Å². The van der Waals surface area contributed by atoms with Crippen LogP contribution in [0.1, 0.15) is 35.5 Å². The normalized spacial score (nSPS) is 9.62. The first-order chi connectivity index (χ1) is 6.13. The van der Waals surface area contributed by atoms with Gasteiger partial charge in [-0.3, -0.25) is 0 Å². The monoisotopic (exact) mass is 189 g/mol. The molecule has 0 unspecified atom stereocenters. The zero-order valence-corrected chi connectivity index (χ0v) is 9.04. The minimum atomic E-state index is -0.706. The highest BCUT2D eigenvalue weighted by Crippen LogP contribution is 1.95. The van der Waals surface area contributed by atoms with Crippen LogP contribution in [-0.2, 0) is 4.74 Å². The van der Waals surface area contributed by atoms with E-state index >= 15 is 0 Å². The molecule has 0 aromatic rings. The van der Waals surface area contributed by atoms with Gasteiger partial charge in [-0.05, 0) is 12.3 Å². The van der Waals surface area contributed by atoms with Gasteiger partial charge in [-0.25, -0.2) is 4.79 Å². The second-order valence-electron chi connectivity index (χ2n) is 2.63. The molecule has 2 N–H and O–H groups in total. The lowest BCUT2D eigenvalue weighted by atomic mass is 10.2. The number of ether oxygens (including phenoxy) is 1. The Bertz CT molecular complexity index is 147. The largest absolute Gasteiger partial charge is 0.449 e.